The minimum absolute atomic E-state index is 0.0784. The molecule has 7 heteroatoms. The van der Waals surface area contributed by atoms with E-state index in [1.165, 1.54) is 11.2 Å². The SMILES string of the molecule is Cc1cc(F)c(S(=O)(=O)N2CCC(C)(CN)C2)cc1F. The van der Waals surface area contributed by atoms with Gasteiger partial charge in [-0.05, 0) is 43.0 Å². The predicted octanol–water partition coefficient (Wildman–Crippen LogP) is 1.63. The second kappa shape index (κ2) is 5.05. The molecule has 0 aromatic heterocycles. The van der Waals surface area contributed by atoms with Crippen LogP contribution in [0.2, 0.25) is 0 Å². The zero-order valence-corrected chi connectivity index (χ0v) is 12.3. The Kier molecular flexibility index (Phi) is 3.88. The summed E-state index contributed by atoms with van der Waals surface area (Å²) >= 11 is 0. The molecule has 2 rings (SSSR count). The smallest absolute Gasteiger partial charge is 0.246 e. The molecule has 1 heterocycles. The number of sulfonamides is 1. The van der Waals surface area contributed by atoms with Crippen molar-refractivity contribution >= 4 is 10.0 Å². The van der Waals surface area contributed by atoms with Crippen LogP contribution in [0.3, 0.4) is 0 Å². The molecule has 1 aromatic carbocycles. The number of rotatable bonds is 3. The number of hydrogen-bond acceptors (Lipinski definition) is 3. The van der Waals surface area contributed by atoms with Crippen molar-refractivity contribution in [3.63, 3.8) is 0 Å². The van der Waals surface area contributed by atoms with Gasteiger partial charge in [0.1, 0.15) is 16.5 Å². The van der Waals surface area contributed by atoms with Gasteiger partial charge in [0.15, 0.2) is 0 Å². The van der Waals surface area contributed by atoms with Crippen molar-refractivity contribution < 1.29 is 17.2 Å². The molecule has 1 aromatic rings. The third-order valence-corrected chi connectivity index (χ3v) is 5.71. The molecule has 0 amide bonds. The Bertz CT molecular complexity index is 634. The fourth-order valence-electron chi connectivity index (χ4n) is 2.32. The standard InChI is InChI=1S/C13H18F2N2O2S/c1-9-5-11(15)12(6-10(9)14)20(18,19)17-4-3-13(2,7-16)8-17/h5-6H,3-4,7-8,16H2,1-2H3. The van der Waals surface area contributed by atoms with E-state index in [0.29, 0.717) is 13.0 Å². The lowest BCUT2D eigenvalue weighted by Gasteiger charge is -2.22. The van der Waals surface area contributed by atoms with Gasteiger partial charge in [0.2, 0.25) is 10.0 Å². The van der Waals surface area contributed by atoms with Gasteiger partial charge in [-0.15, -0.1) is 0 Å². The molecule has 0 radical (unpaired) electrons. The van der Waals surface area contributed by atoms with Crippen molar-refractivity contribution in [1.82, 2.24) is 4.31 Å². The van der Waals surface area contributed by atoms with Crippen LogP contribution in [0.5, 0.6) is 0 Å². The van der Waals surface area contributed by atoms with Crippen LogP contribution in [0.4, 0.5) is 8.78 Å². The maximum absolute atomic E-state index is 13.9. The Hall–Kier alpha value is -1.05. The van der Waals surface area contributed by atoms with Gasteiger partial charge in [-0.3, -0.25) is 0 Å². The molecule has 112 valence electrons. The summed E-state index contributed by atoms with van der Waals surface area (Å²) < 4.78 is 53.4. The molecule has 1 unspecified atom stereocenters. The number of aryl methyl sites for hydroxylation is 1. The van der Waals surface area contributed by atoms with E-state index in [1.807, 2.05) is 6.92 Å². The Morgan fingerprint density at radius 1 is 1.35 bits per heavy atom. The highest BCUT2D eigenvalue weighted by molar-refractivity contribution is 7.89. The van der Waals surface area contributed by atoms with E-state index in [2.05, 4.69) is 0 Å². The van der Waals surface area contributed by atoms with Crippen molar-refractivity contribution in [2.24, 2.45) is 11.1 Å². The Labute approximate surface area is 117 Å². The largest absolute Gasteiger partial charge is 0.330 e. The summed E-state index contributed by atoms with van der Waals surface area (Å²) in [4.78, 5) is -0.609. The maximum atomic E-state index is 13.9. The third-order valence-electron chi connectivity index (χ3n) is 3.85. The lowest BCUT2D eigenvalue weighted by Crippen LogP contribution is -2.35. The first-order valence-corrected chi connectivity index (χ1v) is 7.79. The van der Waals surface area contributed by atoms with Crippen LogP contribution in [0.1, 0.15) is 18.9 Å². The Morgan fingerprint density at radius 3 is 2.55 bits per heavy atom. The van der Waals surface area contributed by atoms with E-state index in [0.717, 1.165) is 12.1 Å². The van der Waals surface area contributed by atoms with Gasteiger partial charge in [0, 0.05) is 13.1 Å². The van der Waals surface area contributed by atoms with E-state index in [9.17, 15) is 17.2 Å². The van der Waals surface area contributed by atoms with Gasteiger partial charge in [0.25, 0.3) is 0 Å². The van der Waals surface area contributed by atoms with Gasteiger partial charge in [-0.1, -0.05) is 6.92 Å². The molecule has 0 aliphatic carbocycles. The van der Waals surface area contributed by atoms with Gasteiger partial charge < -0.3 is 5.73 Å². The van der Waals surface area contributed by atoms with Crippen molar-refractivity contribution in [3.05, 3.63) is 29.3 Å². The van der Waals surface area contributed by atoms with E-state index in [-0.39, 0.29) is 24.1 Å². The van der Waals surface area contributed by atoms with Crippen molar-refractivity contribution in [2.45, 2.75) is 25.2 Å². The minimum atomic E-state index is -4.03. The first-order chi connectivity index (χ1) is 9.19. The molecule has 1 aliphatic heterocycles. The van der Waals surface area contributed by atoms with Crippen molar-refractivity contribution in [1.29, 1.82) is 0 Å². The topological polar surface area (TPSA) is 63.4 Å². The average molecular weight is 304 g/mol. The quantitative estimate of drug-likeness (QED) is 0.923. The van der Waals surface area contributed by atoms with Gasteiger partial charge >= 0.3 is 0 Å². The molecular weight excluding hydrogens is 286 g/mol. The van der Waals surface area contributed by atoms with Crippen LogP contribution in [-0.4, -0.2) is 32.4 Å². The number of nitrogens with two attached hydrogens (primary N) is 1. The summed E-state index contributed by atoms with van der Waals surface area (Å²) in [6, 6.07) is 1.65. The van der Waals surface area contributed by atoms with E-state index < -0.39 is 26.6 Å². The maximum Gasteiger partial charge on any atom is 0.246 e. The highest BCUT2D eigenvalue weighted by Crippen LogP contribution is 2.33. The van der Waals surface area contributed by atoms with E-state index >= 15 is 0 Å². The average Bonchev–Trinajstić information content (AvgIpc) is 2.78. The van der Waals surface area contributed by atoms with Crippen LogP contribution >= 0.6 is 0 Å². The van der Waals surface area contributed by atoms with E-state index in [4.69, 9.17) is 5.73 Å². The second-order valence-corrected chi connectivity index (χ2v) is 7.54. The highest BCUT2D eigenvalue weighted by Gasteiger charge is 2.40. The summed E-state index contributed by atoms with van der Waals surface area (Å²) in [6.45, 7) is 4.11. The van der Waals surface area contributed by atoms with E-state index in [1.54, 1.807) is 0 Å². The van der Waals surface area contributed by atoms with Crippen LogP contribution < -0.4 is 5.73 Å². The van der Waals surface area contributed by atoms with Crippen LogP contribution in [-0.2, 0) is 10.0 Å². The molecule has 0 bridgehead atoms. The molecule has 1 atom stereocenters. The highest BCUT2D eigenvalue weighted by atomic mass is 32.2. The first-order valence-electron chi connectivity index (χ1n) is 6.35. The van der Waals surface area contributed by atoms with Crippen molar-refractivity contribution in [2.75, 3.05) is 19.6 Å². The minimum Gasteiger partial charge on any atom is -0.330 e. The van der Waals surface area contributed by atoms with Crippen molar-refractivity contribution in [3.8, 4) is 0 Å². The number of nitrogens with zero attached hydrogens (tertiary/aromatic N) is 1. The molecule has 4 nitrogen and oxygen atoms in total. The first kappa shape index (κ1) is 15.3. The van der Waals surface area contributed by atoms with Gasteiger partial charge in [-0.25, -0.2) is 17.2 Å². The lowest BCUT2D eigenvalue weighted by molar-refractivity contribution is 0.349. The normalized spacial score (nSPS) is 24.2. The third kappa shape index (κ3) is 2.57. The molecule has 1 saturated heterocycles. The molecule has 20 heavy (non-hydrogen) atoms. The summed E-state index contributed by atoms with van der Waals surface area (Å²) in [5.74, 6) is -1.66. The molecule has 0 saturated carbocycles. The second-order valence-electron chi connectivity index (χ2n) is 5.64. The zero-order valence-electron chi connectivity index (χ0n) is 11.5. The Balaban J connectivity index is 2.40. The van der Waals surface area contributed by atoms with Gasteiger partial charge in [-0.2, -0.15) is 4.31 Å². The van der Waals surface area contributed by atoms with Crippen LogP contribution in [0.25, 0.3) is 0 Å². The fourth-order valence-corrected chi connectivity index (χ4v) is 3.96. The number of hydrogen-bond donors (Lipinski definition) is 1. The monoisotopic (exact) mass is 304 g/mol. The summed E-state index contributed by atoms with van der Waals surface area (Å²) in [7, 11) is -4.03. The summed E-state index contributed by atoms with van der Waals surface area (Å²) in [5.41, 5.74) is 5.40. The number of benzene rings is 1. The molecule has 1 aliphatic rings. The number of halogens is 2. The molecule has 0 spiro atoms. The Morgan fingerprint density at radius 2 is 2.00 bits per heavy atom. The molecule has 1 fully saturated rings. The summed E-state index contributed by atoms with van der Waals surface area (Å²) in [5, 5.41) is 0. The molecular formula is C13H18F2N2O2S. The molecule has 2 N–H and O–H groups in total. The predicted molar refractivity (Wildman–Crippen MR) is 71.6 cm³/mol. The lowest BCUT2D eigenvalue weighted by atomic mass is 9.90. The fraction of sp³-hybridized carbons (Fsp3) is 0.538. The summed E-state index contributed by atoms with van der Waals surface area (Å²) in [6.07, 6.45) is 0.610. The zero-order chi connectivity index (χ0) is 15.1. The van der Waals surface area contributed by atoms with Gasteiger partial charge in [0.05, 0.1) is 0 Å². The van der Waals surface area contributed by atoms with Crippen LogP contribution in [0, 0.1) is 24.0 Å². The van der Waals surface area contributed by atoms with Crippen LogP contribution in [0.15, 0.2) is 17.0 Å².